The molecule has 0 bridgehead atoms. The van der Waals surface area contributed by atoms with Gasteiger partial charge in [-0.3, -0.25) is 9.00 Å². The minimum Gasteiger partial charge on any atom is -0.772 e. The summed E-state index contributed by atoms with van der Waals surface area (Å²) in [4.78, 5) is 19.9. The zero-order valence-corrected chi connectivity index (χ0v) is 18.3. The van der Waals surface area contributed by atoms with E-state index in [1.807, 2.05) is 6.92 Å². The van der Waals surface area contributed by atoms with Gasteiger partial charge in [0, 0.05) is 34.7 Å². The largest absolute Gasteiger partial charge is 0.772 e. The van der Waals surface area contributed by atoms with Crippen LogP contribution in [0, 0.1) is 11.6 Å². The molecule has 0 aliphatic heterocycles. The number of benzene rings is 2. The molecule has 0 saturated heterocycles. The molecule has 33 heavy (non-hydrogen) atoms. The van der Waals surface area contributed by atoms with Gasteiger partial charge in [-0.1, -0.05) is 30.1 Å². The monoisotopic (exact) mass is 472 g/mol. The summed E-state index contributed by atoms with van der Waals surface area (Å²) in [5, 5.41) is 10.1. The molecule has 1 unspecified atom stereocenters. The Kier molecular flexibility index (Phi) is 7.52. The number of rotatable bonds is 5. The molecule has 7 nitrogen and oxygen atoms in total. The number of phenols is 1. The molecule has 4 rings (SSSR count). The lowest BCUT2D eigenvalue weighted by atomic mass is 10.00. The summed E-state index contributed by atoms with van der Waals surface area (Å²) in [6, 6.07) is 10.2. The molecule has 0 saturated carbocycles. The van der Waals surface area contributed by atoms with Crippen LogP contribution in [-0.2, 0) is 11.1 Å². The van der Waals surface area contributed by atoms with E-state index < -0.39 is 34.1 Å². The maximum Gasteiger partial charge on any atom is 0.201 e. The zero-order valence-electron chi connectivity index (χ0n) is 17.5. The number of aromatic nitrogens is 2. The molecule has 0 spiro atoms. The summed E-state index contributed by atoms with van der Waals surface area (Å²) in [6.45, 7) is 1.83. The topological polar surface area (TPSA) is 132 Å². The molecule has 0 radical (unpaired) electrons. The van der Waals surface area contributed by atoms with Gasteiger partial charge in [0.2, 0.25) is 5.78 Å². The van der Waals surface area contributed by atoms with Crippen molar-refractivity contribution in [2.24, 2.45) is 0 Å². The molecule has 0 aliphatic carbocycles. The van der Waals surface area contributed by atoms with Gasteiger partial charge in [0.05, 0.1) is 11.3 Å². The second-order valence-corrected chi connectivity index (χ2v) is 8.05. The lowest BCUT2D eigenvalue weighted by molar-refractivity contribution is 0.103. The number of aromatic amines is 1. The van der Waals surface area contributed by atoms with E-state index in [2.05, 4.69) is 9.97 Å². The van der Waals surface area contributed by atoms with Gasteiger partial charge in [0.25, 0.3) is 0 Å². The average molecular weight is 472 g/mol. The van der Waals surface area contributed by atoms with Crippen LogP contribution in [0.5, 0.6) is 5.75 Å². The van der Waals surface area contributed by atoms with Crippen LogP contribution in [0.15, 0.2) is 54.9 Å². The molecule has 10 heteroatoms. The van der Waals surface area contributed by atoms with Gasteiger partial charge in [-0.25, -0.2) is 13.8 Å². The van der Waals surface area contributed by atoms with Crippen LogP contribution in [-0.4, -0.2) is 35.4 Å². The number of nitrogens with one attached hydrogen (secondary N) is 1. The molecule has 4 N–H and O–H groups in total. The van der Waals surface area contributed by atoms with Crippen molar-refractivity contribution in [2.45, 2.75) is 13.3 Å². The summed E-state index contributed by atoms with van der Waals surface area (Å²) in [5.74, 6) is -2.54. The van der Waals surface area contributed by atoms with E-state index in [9.17, 15) is 27.4 Å². The fourth-order valence-corrected chi connectivity index (χ4v) is 3.45. The van der Waals surface area contributed by atoms with Gasteiger partial charge in [-0.2, -0.15) is 0 Å². The predicted molar refractivity (Wildman–Crippen MR) is 121 cm³/mol. The Hall–Kier alpha value is -3.63. The third kappa shape index (κ3) is 5.41. The Morgan fingerprint density at radius 2 is 1.97 bits per heavy atom. The number of aromatic hydroxyl groups is 1. The first kappa shape index (κ1) is 24.0. The van der Waals surface area contributed by atoms with E-state index in [-0.39, 0.29) is 17.0 Å². The highest BCUT2D eigenvalue weighted by Gasteiger charge is 2.24. The highest BCUT2D eigenvalue weighted by molar-refractivity contribution is 7.79. The number of fused-ring (bicyclic) bond motifs is 1. The third-order valence-corrected chi connectivity index (χ3v) is 5.42. The predicted octanol–water partition coefficient (Wildman–Crippen LogP) is 4.30. The number of halogens is 2. The second-order valence-electron chi connectivity index (χ2n) is 7.04. The van der Waals surface area contributed by atoms with Crippen LogP contribution in [0.4, 0.5) is 14.5 Å². The van der Waals surface area contributed by atoms with Crippen LogP contribution < -0.4 is 5.73 Å². The van der Waals surface area contributed by atoms with Crippen LogP contribution in [0.25, 0.3) is 22.2 Å². The van der Waals surface area contributed by atoms with Gasteiger partial charge >= 0.3 is 0 Å². The number of hydrogen-bond acceptors (Lipinski definition) is 6. The van der Waals surface area contributed by atoms with Crippen LogP contribution in [0.3, 0.4) is 0 Å². The van der Waals surface area contributed by atoms with E-state index >= 15 is 0 Å². The average Bonchev–Trinajstić information content (AvgIpc) is 3.20. The van der Waals surface area contributed by atoms with Gasteiger partial charge in [-0.05, 0) is 42.3 Å². The Balaban J connectivity index is 0.000000454. The number of pyridine rings is 1. The molecule has 1 atom stereocenters. The summed E-state index contributed by atoms with van der Waals surface area (Å²) in [5.41, 5.74) is 6.25. The molecule has 0 aliphatic rings. The van der Waals surface area contributed by atoms with Crippen molar-refractivity contribution in [2.75, 3.05) is 11.5 Å². The SMILES string of the molecule is CCCS(=O)[O-].Nc1ccc(F)c(C(=O)c2c[nH]c3ncc(-c4cccc(O)c4)cc23)c1F. The highest BCUT2D eigenvalue weighted by atomic mass is 32.2. The number of anilines is 1. The van der Waals surface area contributed by atoms with Crippen molar-refractivity contribution in [1.82, 2.24) is 9.97 Å². The van der Waals surface area contributed by atoms with Crippen molar-refractivity contribution in [1.29, 1.82) is 0 Å². The van der Waals surface area contributed by atoms with Gasteiger partial charge in [0.15, 0.2) is 5.82 Å². The summed E-state index contributed by atoms with van der Waals surface area (Å²) in [7, 11) is 0. The Bertz CT molecular complexity index is 1340. The Labute approximate surface area is 190 Å². The normalized spacial score (nSPS) is 11.6. The standard InChI is InChI=1S/C20H13F2N3O2.C3H8O2S/c21-15-4-5-16(23)18(22)17(15)19(27)14-9-25-20-13(14)7-11(8-24-20)10-2-1-3-12(26)6-10;1-2-3-6(4)5/h1-9,26H,23H2,(H,24,25);2-3H2,1H3,(H,4,5)/p-1. The molecule has 2 heterocycles. The molecule has 2 aromatic heterocycles. The second kappa shape index (κ2) is 10.3. The molecule has 4 aromatic rings. The molecule has 0 fully saturated rings. The van der Waals surface area contributed by atoms with Gasteiger partial charge in [0.1, 0.15) is 17.2 Å². The number of nitrogen functional groups attached to an aromatic ring is 1. The highest BCUT2D eigenvalue weighted by Crippen LogP contribution is 2.29. The number of carbonyl (C=O) groups excluding carboxylic acids is 1. The van der Waals surface area contributed by atoms with Crippen molar-refractivity contribution < 1.29 is 27.4 Å². The zero-order chi connectivity index (χ0) is 24.1. The maximum atomic E-state index is 14.3. The third-order valence-electron chi connectivity index (χ3n) is 4.67. The smallest absolute Gasteiger partial charge is 0.201 e. The van der Waals surface area contributed by atoms with E-state index in [4.69, 9.17) is 5.73 Å². The number of nitrogens with zero attached hydrogens (tertiary/aromatic N) is 1. The van der Waals surface area contributed by atoms with Crippen LogP contribution in [0.1, 0.15) is 29.3 Å². The molecule has 2 aromatic carbocycles. The lowest BCUT2D eigenvalue weighted by Gasteiger charge is -2.06. The minimum absolute atomic E-state index is 0.0721. The minimum atomic E-state index is -1.82. The fourth-order valence-electron chi connectivity index (χ4n) is 3.11. The summed E-state index contributed by atoms with van der Waals surface area (Å²) in [6.07, 6.45) is 3.65. The van der Waals surface area contributed by atoms with Crippen molar-refractivity contribution in [3.8, 4) is 16.9 Å². The summed E-state index contributed by atoms with van der Waals surface area (Å²) >= 11 is -1.82. The summed E-state index contributed by atoms with van der Waals surface area (Å²) < 4.78 is 47.5. The van der Waals surface area contributed by atoms with Gasteiger partial charge in [-0.15, -0.1) is 0 Å². The number of H-pyrrole nitrogens is 1. The van der Waals surface area contributed by atoms with E-state index in [0.717, 1.165) is 18.6 Å². The van der Waals surface area contributed by atoms with Gasteiger partial charge < -0.3 is 20.4 Å². The quantitative estimate of drug-likeness (QED) is 0.225. The number of ketones is 1. The number of carbonyl (C=O) groups is 1. The Morgan fingerprint density at radius 3 is 2.61 bits per heavy atom. The molecule has 172 valence electrons. The Morgan fingerprint density at radius 1 is 1.21 bits per heavy atom. The van der Waals surface area contributed by atoms with E-state index in [0.29, 0.717) is 27.9 Å². The first-order chi connectivity index (χ1) is 15.7. The van der Waals surface area contributed by atoms with E-state index in [1.165, 1.54) is 12.3 Å². The number of nitrogens with two attached hydrogens (primary N) is 1. The lowest BCUT2D eigenvalue weighted by Crippen LogP contribution is -2.09. The van der Waals surface area contributed by atoms with Crippen molar-refractivity contribution in [3.05, 3.63) is 77.6 Å². The van der Waals surface area contributed by atoms with Crippen molar-refractivity contribution in [3.63, 3.8) is 0 Å². The molecular formula is C23H20F2N3O4S-. The number of phenolic OH excluding ortho intramolecular Hbond substituents is 1. The number of hydrogen-bond donors (Lipinski definition) is 3. The molecular weight excluding hydrogens is 452 g/mol. The first-order valence-corrected chi connectivity index (χ1v) is 11.1. The first-order valence-electron chi connectivity index (χ1n) is 9.83. The maximum absolute atomic E-state index is 14.3. The van der Waals surface area contributed by atoms with E-state index in [1.54, 1.807) is 30.5 Å². The van der Waals surface area contributed by atoms with Crippen LogP contribution >= 0.6 is 0 Å². The van der Waals surface area contributed by atoms with Crippen LogP contribution in [0.2, 0.25) is 0 Å². The fraction of sp³-hybridized carbons (Fsp3) is 0.130. The molecule has 0 amide bonds. The van der Waals surface area contributed by atoms with Crippen molar-refractivity contribution >= 4 is 33.6 Å².